The van der Waals surface area contributed by atoms with Gasteiger partial charge in [-0.2, -0.15) is 12.6 Å². The van der Waals surface area contributed by atoms with Crippen molar-refractivity contribution in [2.45, 2.75) is 89.3 Å². The number of likely N-dealkylation sites (tertiary alicyclic amines) is 1. The molecule has 7 atom stereocenters. The van der Waals surface area contributed by atoms with Crippen LogP contribution in [-0.4, -0.2) is 119 Å². The van der Waals surface area contributed by atoms with Crippen LogP contribution in [0.5, 0.6) is 0 Å². The van der Waals surface area contributed by atoms with Crippen LogP contribution in [0, 0.1) is 5.92 Å². The molecule has 1 aliphatic rings. The number of aldehydes is 1. The Kier molecular flexibility index (Phi) is 15.8. The number of aliphatic hydroxyl groups is 1. The summed E-state index contributed by atoms with van der Waals surface area (Å²) in [6.07, 6.45) is 0.601. The summed E-state index contributed by atoms with van der Waals surface area (Å²) in [5.74, 6) is -5.79. The van der Waals surface area contributed by atoms with Crippen LogP contribution in [0.4, 0.5) is 0 Å². The summed E-state index contributed by atoms with van der Waals surface area (Å²) in [5, 5.41) is 21.3. The number of carbonyl (C=O) groups excluding carboxylic acids is 8. The number of hydrogen-bond acceptors (Lipinski definition) is 11. The summed E-state index contributed by atoms with van der Waals surface area (Å²) in [5.41, 5.74) is 10.7. The fourth-order valence-corrected chi connectivity index (χ4v) is 4.53. The molecule has 0 aromatic rings. The lowest BCUT2D eigenvalue weighted by atomic mass is 10.0. The van der Waals surface area contributed by atoms with Crippen molar-refractivity contribution >= 4 is 60.3 Å². The molecule has 0 aliphatic carbocycles. The fourth-order valence-electron chi connectivity index (χ4n) is 4.27. The minimum absolute atomic E-state index is 0.118. The Morgan fingerprint density at radius 2 is 1.52 bits per heavy atom. The first-order valence-electron chi connectivity index (χ1n) is 14.1. The molecule has 1 aliphatic heterocycles. The molecule has 17 nitrogen and oxygen atoms in total. The van der Waals surface area contributed by atoms with E-state index in [4.69, 9.17) is 16.6 Å². The van der Waals surface area contributed by atoms with Crippen molar-refractivity contribution in [2.75, 3.05) is 18.9 Å². The second kappa shape index (κ2) is 18.1. The minimum Gasteiger partial charge on any atom is -0.394 e. The minimum atomic E-state index is -1.43. The number of aliphatic hydroxyl groups excluding tert-OH is 1. The Labute approximate surface area is 260 Å². The normalized spacial score (nSPS) is 18.5. The molecule has 0 bridgehead atoms. The monoisotopic (exact) mass is 644 g/mol. The van der Waals surface area contributed by atoms with Crippen molar-refractivity contribution in [1.29, 1.82) is 0 Å². The molecular weight excluding hydrogens is 600 g/mol. The Balaban J connectivity index is 2.90. The largest absolute Gasteiger partial charge is 0.394 e. The van der Waals surface area contributed by atoms with E-state index in [1.807, 2.05) is 0 Å². The van der Waals surface area contributed by atoms with E-state index in [0.29, 0.717) is 12.7 Å². The van der Waals surface area contributed by atoms with Gasteiger partial charge in [0, 0.05) is 12.3 Å². The van der Waals surface area contributed by atoms with Crippen LogP contribution in [0.25, 0.3) is 0 Å². The molecule has 1 saturated heterocycles. The quantitative estimate of drug-likeness (QED) is 0.0540. The van der Waals surface area contributed by atoms with Crippen LogP contribution in [-0.2, 0) is 38.4 Å². The smallest absolute Gasteiger partial charge is 0.246 e. The lowest BCUT2D eigenvalue weighted by Gasteiger charge is -2.29. The summed E-state index contributed by atoms with van der Waals surface area (Å²) < 4.78 is 0. The topological polar surface area (TPSA) is 272 Å². The van der Waals surface area contributed by atoms with Crippen molar-refractivity contribution in [2.24, 2.45) is 17.4 Å². The highest BCUT2D eigenvalue weighted by Crippen LogP contribution is 2.19. The van der Waals surface area contributed by atoms with Gasteiger partial charge < -0.3 is 52.9 Å². The molecule has 0 spiro atoms. The van der Waals surface area contributed by atoms with E-state index in [9.17, 15) is 38.4 Å². The summed E-state index contributed by atoms with van der Waals surface area (Å²) >= 11 is 4.12. The highest BCUT2D eigenvalue weighted by Gasteiger charge is 2.39. The lowest BCUT2D eigenvalue weighted by molar-refractivity contribution is -0.143. The van der Waals surface area contributed by atoms with Gasteiger partial charge >= 0.3 is 0 Å². The molecule has 7 amide bonds. The van der Waals surface area contributed by atoms with E-state index in [1.165, 1.54) is 13.8 Å². The molecule has 0 radical (unpaired) electrons. The average Bonchev–Trinajstić information content (AvgIpc) is 3.46. The van der Waals surface area contributed by atoms with E-state index in [-0.39, 0.29) is 24.6 Å². The summed E-state index contributed by atoms with van der Waals surface area (Å²) in [4.78, 5) is 100. The van der Waals surface area contributed by atoms with Gasteiger partial charge in [0.15, 0.2) is 0 Å². The van der Waals surface area contributed by atoms with Gasteiger partial charge in [-0.25, -0.2) is 0 Å². The van der Waals surface area contributed by atoms with Crippen molar-refractivity contribution in [3.8, 4) is 0 Å². The van der Waals surface area contributed by atoms with Gasteiger partial charge in [-0.05, 0) is 32.6 Å². The third-order valence-corrected chi connectivity index (χ3v) is 7.15. The maximum atomic E-state index is 13.2. The van der Waals surface area contributed by atoms with Gasteiger partial charge in [0.1, 0.15) is 42.5 Å². The number of nitrogens with zero attached hydrogens (tertiary/aromatic N) is 1. The van der Waals surface area contributed by atoms with Crippen LogP contribution >= 0.6 is 12.6 Å². The molecule has 0 unspecified atom stereocenters. The molecule has 248 valence electrons. The number of nitrogens with two attached hydrogens (primary N) is 2. The molecule has 0 aromatic heterocycles. The number of nitrogens with one attached hydrogen (secondary N) is 5. The SMILES string of the molecule is CC(C)[C@H](NC(=O)[C@H](CS)NC(=O)[C@H](C)NC(=O)[C@@H]1CCCN1C(=O)[C@H](CC(N)=O)NC(=O)[C@@H](N)CO)C(=O)N[C@@H](C)C=O. The van der Waals surface area contributed by atoms with Crippen LogP contribution in [0.1, 0.15) is 47.0 Å². The first kappa shape index (κ1) is 38.3. The molecule has 0 aromatic carbocycles. The van der Waals surface area contributed by atoms with Crippen molar-refractivity contribution in [3.05, 3.63) is 0 Å². The standard InChI is InChI=1S/C26H44N8O9S/c1-12(2)20(25(42)29-13(3)9-35)33-23(40)17(11-44)32-21(38)14(4)30-24(41)18-6-5-7-34(18)26(43)16(8-19(28)37)31-22(39)15(27)10-36/h9,12-18,20,36,44H,5-8,10-11,27H2,1-4H3,(H2,28,37)(H,29,42)(H,30,41)(H,31,39)(H,32,38)(H,33,40)/t13-,14-,15-,16-,17-,18-,20-/m0/s1. The Bertz CT molecular complexity index is 1090. The van der Waals surface area contributed by atoms with Crippen LogP contribution in [0.15, 0.2) is 0 Å². The van der Waals surface area contributed by atoms with E-state index < -0.39 is 96.7 Å². The fraction of sp³-hybridized carbons (Fsp3) is 0.692. The first-order chi connectivity index (χ1) is 20.6. The Morgan fingerprint density at radius 3 is 2.05 bits per heavy atom. The molecule has 44 heavy (non-hydrogen) atoms. The number of amides is 7. The van der Waals surface area contributed by atoms with Crippen molar-refractivity contribution in [3.63, 3.8) is 0 Å². The van der Waals surface area contributed by atoms with E-state index in [1.54, 1.807) is 13.8 Å². The first-order valence-corrected chi connectivity index (χ1v) is 14.7. The van der Waals surface area contributed by atoms with Crippen LogP contribution in [0.3, 0.4) is 0 Å². The molecular formula is C26H44N8O9S. The summed E-state index contributed by atoms with van der Waals surface area (Å²) in [7, 11) is 0. The third kappa shape index (κ3) is 11.4. The number of primary amides is 1. The van der Waals surface area contributed by atoms with Gasteiger partial charge in [0.05, 0.1) is 19.1 Å². The van der Waals surface area contributed by atoms with Gasteiger partial charge in [-0.1, -0.05) is 13.8 Å². The second-order valence-electron chi connectivity index (χ2n) is 10.8. The van der Waals surface area contributed by atoms with Crippen LogP contribution < -0.4 is 38.1 Å². The van der Waals surface area contributed by atoms with Gasteiger partial charge in [-0.3, -0.25) is 33.6 Å². The zero-order valence-corrected chi connectivity index (χ0v) is 26.1. The molecule has 10 N–H and O–H groups in total. The molecule has 1 fully saturated rings. The Hall–Kier alpha value is -3.77. The zero-order chi connectivity index (χ0) is 33.7. The maximum Gasteiger partial charge on any atom is 0.246 e. The second-order valence-corrected chi connectivity index (χ2v) is 11.2. The molecule has 18 heteroatoms. The number of carbonyl (C=O) groups is 8. The molecule has 0 saturated carbocycles. The number of thiol groups is 1. The molecule has 1 heterocycles. The van der Waals surface area contributed by atoms with E-state index in [2.05, 4.69) is 39.2 Å². The average molecular weight is 645 g/mol. The van der Waals surface area contributed by atoms with Gasteiger partial charge in [0.2, 0.25) is 41.4 Å². The zero-order valence-electron chi connectivity index (χ0n) is 25.2. The number of rotatable bonds is 17. The maximum absolute atomic E-state index is 13.2. The highest BCUT2D eigenvalue weighted by atomic mass is 32.1. The van der Waals surface area contributed by atoms with Crippen molar-refractivity contribution in [1.82, 2.24) is 31.5 Å². The summed E-state index contributed by atoms with van der Waals surface area (Å²) in [6, 6.07) is -7.95. The predicted octanol–water partition coefficient (Wildman–Crippen LogP) is -4.58. The van der Waals surface area contributed by atoms with E-state index >= 15 is 0 Å². The highest BCUT2D eigenvalue weighted by molar-refractivity contribution is 7.80. The van der Waals surface area contributed by atoms with E-state index in [0.717, 1.165) is 4.90 Å². The van der Waals surface area contributed by atoms with Crippen molar-refractivity contribution < 1.29 is 43.5 Å². The number of hydrogen-bond donors (Lipinski definition) is 9. The lowest BCUT2D eigenvalue weighted by Crippen LogP contribution is -2.60. The Morgan fingerprint density at radius 1 is 0.909 bits per heavy atom. The third-order valence-electron chi connectivity index (χ3n) is 6.78. The van der Waals surface area contributed by atoms with Gasteiger partial charge in [0.25, 0.3) is 0 Å². The van der Waals surface area contributed by atoms with Crippen LogP contribution in [0.2, 0.25) is 0 Å². The molecule has 1 rings (SSSR count). The van der Waals surface area contributed by atoms with Gasteiger partial charge in [-0.15, -0.1) is 0 Å². The predicted molar refractivity (Wildman–Crippen MR) is 159 cm³/mol. The summed E-state index contributed by atoms with van der Waals surface area (Å²) in [6.45, 7) is 5.62.